The maximum absolute atomic E-state index is 11.4. The van der Waals surface area contributed by atoms with Crippen LogP contribution in [0.25, 0.3) is 0 Å². The van der Waals surface area contributed by atoms with Gasteiger partial charge in [0.1, 0.15) is 5.78 Å². The first-order chi connectivity index (χ1) is 5.46. The lowest BCUT2D eigenvalue weighted by Crippen LogP contribution is -2.23. The molecule has 0 aromatic carbocycles. The van der Waals surface area contributed by atoms with Crippen LogP contribution in [0.5, 0.6) is 0 Å². The van der Waals surface area contributed by atoms with Crippen molar-refractivity contribution in [1.82, 2.24) is 0 Å². The molecule has 0 unspecified atom stereocenters. The topological polar surface area (TPSA) is 54.4 Å². The molecule has 1 N–H and O–H groups in total. The Morgan fingerprint density at radius 2 is 1.75 bits per heavy atom. The van der Waals surface area contributed by atoms with Gasteiger partial charge in [-0.05, 0) is 5.92 Å². The number of hydrogen-bond donors (Lipinski definition) is 1. The fourth-order valence-electron chi connectivity index (χ4n) is 2.06. The summed E-state index contributed by atoms with van der Waals surface area (Å²) < 4.78 is 0. The van der Waals surface area contributed by atoms with Crippen molar-refractivity contribution in [2.24, 2.45) is 23.7 Å². The van der Waals surface area contributed by atoms with E-state index in [2.05, 4.69) is 0 Å². The van der Waals surface area contributed by atoms with E-state index in [4.69, 9.17) is 5.11 Å². The van der Waals surface area contributed by atoms with Crippen molar-refractivity contribution in [3.05, 3.63) is 0 Å². The van der Waals surface area contributed by atoms with Crippen LogP contribution >= 0.6 is 0 Å². The molecular formula is C9H14O3. The standard InChI is InChI=1S/C9H14O3/c1-4-5(2)8(10)6(3)7(4)9(11)12/h4-7H,1-3H3,(H,11,12)/t4-,5+,6-,7-/m1/s1. The maximum Gasteiger partial charge on any atom is 0.307 e. The van der Waals surface area contributed by atoms with Crippen molar-refractivity contribution in [3.63, 3.8) is 0 Å². The van der Waals surface area contributed by atoms with Crippen LogP contribution in [0.3, 0.4) is 0 Å². The molecule has 0 aromatic heterocycles. The summed E-state index contributed by atoms with van der Waals surface area (Å²) in [6.07, 6.45) is 0. The number of carboxylic acid groups (broad SMARTS) is 1. The van der Waals surface area contributed by atoms with Crippen LogP contribution < -0.4 is 0 Å². The summed E-state index contributed by atoms with van der Waals surface area (Å²) in [6.45, 7) is 5.36. The zero-order valence-electron chi connectivity index (χ0n) is 7.57. The molecule has 1 aliphatic rings. The zero-order chi connectivity index (χ0) is 9.46. The summed E-state index contributed by atoms with van der Waals surface area (Å²) in [5.74, 6) is -1.66. The van der Waals surface area contributed by atoms with Gasteiger partial charge in [0.2, 0.25) is 0 Å². The van der Waals surface area contributed by atoms with Crippen LogP contribution in [0.1, 0.15) is 20.8 Å². The Hall–Kier alpha value is -0.860. The minimum Gasteiger partial charge on any atom is -0.481 e. The Morgan fingerprint density at radius 1 is 1.25 bits per heavy atom. The van der Waals surface area contributed by atoms with Crippen LogP contribution in [0.2, 0.25) is 0 Å². The summed E-state index contributed by atoms with van der Waals surface area (Å²) in [5.41, 5.74) is 0. The van der Waals surface area contributed by atoms with Crippen molar-refractivity contribution in [2.75, 3.05) is 0 Å². The summed E-state index contributed by atoms with van der Waals surface area (Å²) in [5, 5.41) is 8.84. The number of carbonyl (C=O) groups is 2. The lowest BCUT2D eigenvalue weighted by Gasteiger charge is -2.13. The van der Waals surface area contributed by atoms with E-state index in [0.717, 1.165) is 0 Å². The third-order valence-electron chi connectivity index (χ3n) is 3.08. The van der Waals surface area contributed by atoms with E-state index in [1.165, 1.54) is 0 Å². The molecule has 3 nitrogen and oxygen atoms in total. The molecule has 0 bridgehead atoms. The van der Waals surface area contributed by atoms with Gasteiger partial charge in [-0.2, -0.15) is 0 Å². The lowest BCUT2D eigenvalue weighted by molar-refractivity contribution is -0.145. The highest BCUT2D eigenvalue weighted by atomic mass is 16.4. The third-order valence-corrected chi connectivity index (χ3v) is 3.08. The molecule has 1 aliphatic carbocycles. The van der Waals surface area contributed by atoms with E-state index in [9.17, 15) is 9.59 Å². The number of aliphatic carboxylic acids is 1. The average Bonchev–Trinajstić information content (AvgIpc) is 2.16. The van der Waals surface area contributed by atoms with E-state index in [-0.39, 0.29) is 23.5 Å². The molecule has 0 amide bonds. The normalized spacial score (nSPS) is 41.8. The van der Waals surface area contributed by atoms with E-state index in [0.29, 0.717) is 0 Å². The van der Waals surface area contributed by atoms with Crippen molar-refractivity contribution in [3.8, 4) is 0 Å². The molecule has 0 spiro atoms. The Morgan fingerprint density at radius 3 is 1.92 bits per heavy atom. The van der Waals surface area contributed by atoms with Gasteiger partial charge < -0.3 is 5.11 Å². The zero-order valence-corrected chi connectivity index (χ0v) is 7.57. The highest BCUT2D eigenvalue weighted by molar-refractivity contribution is 5.91. The second-order valence-corrected chi connectivity index (χ2v) is 3.70. The number of Topliss-reactive ketones (excluding diaryl/α,β-unsaturated/α-hetero) is 1. The fraction of sp³-hybridized carbons (Fsp3) is 0.778. The Kier molecular flexibility index (Phi) is 2.22. The van der Waals surface area contributed by atoms with E-state index in [1.54, 1.807) is 6.92 Å². The molecule has 0 aromatic rings. The minimum atomic E-state index is -0.840. The summed E-state index contributed by atoms with van der Waals surface area (Å²) >= 11 is 0. The third kappa shape index (κ3) is 1.13. The van der Waals surface area contributed by atoms with Gasteiger partial charge in [-0.1, -0.05) is 20.8 Å². The van der Waals surface area contributed by atoms with Gasteiger partial charge in [-0.3, -0.25) is 9.59 Å². The quantitative estimate of drug-likeness (QED) is 0.642. The number of hydrogen-bond acceptors (Lipinski definition) is 2. The first-order valence-electron chi connectivity index (χ1n) is 4.23. The molecule has 1 fully saturated rings. The largest absolute Gasteiger partial charge is 0.481 e. The number of carbonyl (C=O) groups excluding carboxylic acids is 1. The average molecular weight is 170 g/mol. The Labute approximate surface area is 71.8 Å². The Balaban J connectivity index is 2.90. The molecule has 4 atom stereocenters. The van der Waals surface area contributed by atoms with Gasteiger partial charge in [0.15, 0.2) is 0 Å². The first kappa shape index (κ1) is 9.23. The summed E-state index contributed by atoms with van der Waals surface area (Å²) in [6, 6.07) is 0. The minimum absolute atomic E-state index is 0.0231. The monoisotopic (exact) mass is 170 g/mol. The second-order valence-electron chi connectivity index (χ2n) is 3.70. The SMILES string of the molecule is C[C@H]1[C@@H](C(=O)O)[C@@H](C)C(=O)[C@H]1C. The molecule has 0 heterocycles. The van der Waals surface area contributed by atoms with Crippen LogP contribution in [0.4, 0.5) is 0 Å². The maximum atomic E-state index is 11.4. The van der Waals surface area contributed by atoms with Crippen molar-refractivity contribution in [2.45, 2.75) is 20.8 Å². The van der Waals surface area contributed by atoms with Crippen LogP contribution in [0, 0.1) is 23.7 Å². The van der Waals surface area contributed by atoms with Crippen LogP contribution in [-0.2, 0) is 9.59 Å². The lowest BCUT2D eigenvalue weighted by atomic mass is 9.90. The fourth-order valence-corrected chi connectivity index (χ4v) is 2.06. The number of carboxylic acids is 1. The number of ketones is 1. The van der Waals surface area contributed by atoms with Crippen molar-refractivity contribution >= 4 is 11.8 Å². The molecule has 0 saturated heterocycles. The van der Waals surface area contributed by atoms with Gasteiger partial charge in [-0.15, -0.1) is 0 Å². The molecule has 0 aliphatic heterocycles. The number of rotatable bonds is 1. The predicted octanol–water partition coefficient (Wildman–Crippen LogP) is 1.18. The first-order valence-corrected chi connectivity index (χ1v) is 4.23. The molecular weight excluding hydrogens is 156 g/mol. The molecule has 68 valence electrons. The second kappa shape index (κ2) is 2.88. The van der Waals surface area contributed by atoms with Crippen molar-refractivity contribution < 1.29 is 14.7 Å². The Bertz CT molecular complexity index is 222. The van der Waals surface area contributed by atoms with E-state index >= 15 is 0 Å². The molecule has 12 heavy (non-hydrogen) atoms. The van der Waals surface area contributed by atoms with Gasteiger partial charge in [0.25, 0.3) is 0 Å². The highest BCUT2D eigenvalue weighted by Gasteiger charge is 2.46. The molecule has 1 saturated carbocycles. The summed E-state index contributed by atoms with van der Waals surface area (Å²) in [4.78, 5) is 22.1. The summed E-state index contributed by atoms with van der Waals surface area (Å²) in [7, 11) is 0. The molecule has 0 radical (unpaired) electrons. The van der Waals surface area contributed by atoms with Gasteiger partial charge >= 0.3 is 5.97 Å². The van der Waals surface area contributed by atoms with Gasteiger partial charge in [0, 0.05) is 11.8 Å². The predicted molar refractivity (Wildman–Crippen MR) is 43.6 cm³/mol. The highest BCUT2D eigenvalue weighted by Crippen LogP contribution is 2.38. The smallest absolute Gasteiger partial charge is 0.307 e. The molecule has 3 heteroatoms. The van der Waals surface area contributed by atoms with E-state index < -0.39 is 11.9 Å². The van der Waals surface area contributed by atoms with E-state index in [1.807, 2.05) is 13.8 Å². The van der Waals surface area contributed by atoms with Gasteiger partial charge in [0.05, 0.1) is 5.92 Å². The molecule has 1 rings (SSSR count). The van der Waals surface area contributed by atoms with Crippen molar-refractivity contribution in [1.29, 1.82) is 0 Å². The van der Waals surface area contributed by atoms with Gasteiger partial charge in [-0.25, -0.2) is 0 Å². The van der Waals surface area contributed by atoms with Crippen LogP contribution in [0.15, 0.2) is 0 Å². The van der Waals surface area contributed by atoms with Crippen LogP contribution in [-0.4, -0.2) is 16.9 Å².